The zero-order valence-corrected chi connectivity index (χ0v) is 10.2. The van der Waals surface area contributed by atoms with E-state index in [2.05, 4.69) is 9.98 Å². The molecule has 0 radical (unpaired) electrons. The fraction of sp³-hybridized carbons (Fsp3) is 0.231. The highest BCUT2D eigenvalue weighted by Crippen LogP contribution is 2.23. The Morgan fingerprint density at radius 2 is 2.21 bits per heavy atom. The Hall–Kier alpha value is -2.50. The molecule has 2 atom stereocenters. The maximum absolute atomic E-state index is 5.96. The first kappa shape index (κ1) is 11.6. The third-order valence-electron chi connectivity index (χ3n) is 2.84. The molecule has 2 unspecified atom stereocenters. The molecule has 6 heteroatoms. The van der Waals surface area contributed by atoms with Crippen LogP contribution in [0.15, 0.2) is 54.0 Å². The maximum atomic E-state index is 5.96. The van der Waals surface area contributed by atoms with E-state index in [4.69, 9.17) is 15.2 Å². The molecule has 0 spiro atoms. The molecule has 1 aliphatic heterocycles. The second-order valence-corrected chi connectivity index (χ2v) is 4.17. The van der Waals surface area contributed by atoms with Crippen molar-refractivity contribution in [1.29, 1.82) is 0 Å². The number of aliphatic imine (C=N–C) groups is 1. The second-order valence-electron chi connectivity index (χ2n) is 4.17. The van der Waals surface area contributed by atoms with Crippen molar-refractivity contribution in [3.8, 4) is 5.75 Å². The standard InChI is InChI=1S/C13H14N4O2/c14-13-16-8-11(19-13)12(17-7-6-15-9-17)18-10-4-2-1-3-5-10/h1-7,9,11-12H,8H2,(H2,14,16). The summed E-state index contributed by atoms with van der Waals surface area (Å²) >= 11 is 0. The lowest BCUT2D eigenvalue weighted by molar-refractivity contribution is 0.0140. The highest BCUT2D eigenvalue weighted by atomic mass is 16.6. The molecule has 1 aromatic carbocycles. The van der Waals surface area contributed by atoms with Gasteiger partial charge in [-0.1, -0.05) is 18.2 Å². The molecule has 19 heavy (non-hydrogen) atoms. The van der Waals surface area contributed by atoms with Gasteiger partial charge in [-0.05, 0) is 12.1 Å². The zero-order chi connectivity index (χ0) is 13.1. The van der Waals surface area contributed by atoms with Gasteiger partial charge >= 0.3 is 0 Å². The fourth-order valence-electron chi connectivity index (χ4n) is 1.95. The van der Waals surface area contributed by atoms with Gasteiger partial charge in [-0.25, -0.2) is 9.98 Å². The summed E-state index contributed by atoms with van der Waals surface area (Å²) in [5.74, 6) is 0.760. The van der Waals surface area contributed by atoms with Crippen molar-refractivity contribution < 1.29 is 9.47 Å². The van der Waals surface area contributed by atoms with Crippen molar-refractivity contribution in [2.45, 2.75) is 12.3 Å². The molecule has 2 N–H and O–H groups in total. The van der Waals surface area contributed by atoms with E-state index in [1.807, 2.05) is 41.1 Å². The third kappa shape index (κ3) is 2.52. The van der Waals surface area contributed by atoms with Crippen LogP contribution in [0.1, 0.15) is 6.23 Å². The number of para-hydroxylation sites is 1. The molecule has 3 rings (SSSR count). The first-order valence-electron chi connectivity index (χ1n) is 5.98. The Bertz CT molecular complexity index is 553. The van der Waals surface area contributed by atoms with Crippen LogP contribution in [0, 0.1) is 0 Å². The Balaban J connectivity index is 1.81. The minimum Gasteiger partial charge on any atom is -0.466 e. The van der Waals surface area contributed by atoms with Crippen LogP contribution in [0.3, 0.4) is 0 Å². The van der Waals surface area contributed by atoms with Gasteiger partial charge in [0.05, 0.1) is 12.9 Å². The van der Waals surface area contributed by atoms with Gasteiger partial charge < -0.3 is 15.2 Å². The van der Waals surface area contributed by atoms with Gasteiger partial charge in [-0.15, -0.1) is 0 Å². The van der Waals surface area contributed by atoms with Gasteiger partial charge in [-0.2, -0.15) is 0 Å². The molecule has 1 aromatic heterocycles. The number of amidine groups is 1. The lowest BCUT2D eigenvalue weighted by Crippen LogP contribution is -2.32. The number of imidazole rings is 1. The van der Waals surface area contributed by atoms with Crippen LogP contribution in [0.2, 0.25) is 0 Å². The maximum Gasteiger partial charge on any atom is 0.282 e. The van der Waals surface area contributed by atoms with E-state index in [9.17, 15) is 0 Å². The van der Waals surface area contributed by atoms with Gasteiger partial charge in [0.2, 0.25) is 6.23 Å². The number of nitrogens with two attached hydrogens (primary N) is 1. The number of hydrogen-bond acceptors (Lipinski definition) is 5. The Kier molecular flexibility index (Phi) is 3.06. The van der Waals surface area contributed by atoms with Crippen molar-refractivity contribution >= 4 is 6.02 Å². The first-order chi connectivity index (χ1) is 9.33. The monoisotopic (exact) mass is 258 g/mol. The minimum absolute atomic E-state index is 0.201. The molecule has 0 aliphatic carbocycles. The predicted octanol–water partition coefficient (Wildman–Crippen LogP) is 1.17. The van der Waals surface area contributed by atoms with E-state index in [0.29, 0.717) is 6.54 Å². The van der Waals surface area contributed by atoms with Crippen molar-refractivity contribution in [2.75, 3.05) is 6.54 Å². The fourth-order valence-corrected chi connectivity index (χ4v) is 1.95. The van der Waals surface area contributed by atoms with Crippen molar-refractivity contribution in [2.24, 2.45) is 10.7 Å². The highest BCUT2D eigenvalue weighted by molar-refractivity contribution is 5.73. The summed E-state index contributed by atoms with van der Waals surface area (Å²) < 4.78 is 13.3. The predicted molar refractivity (Wildman–Crippen MR) is 69.7 cm³/mol. The van der Waals surface area contributed by atoms with E-state index in [0.717, 1.165) is 5.75 Å². The summed E-state index contributed by atoms with van der Waals surface area (Å²) in [4.78, 5) is 8.08. The lowest BCUT2D eigenvalue weighted by Gasteiger charge is -2.24. The SMILES string of the molecule is NC1=NCC(C(Oc2ccccc2)n2ccnc2)O1. The number of aromatic nitrogens is 2. The summed E-state index contributed by atoms with van der Waals surface area (Å²) in [6.45, 7) is 0.474. The first-order valence-corrected chi connectivity index (χ1v) is 5.98. The van der Waals surface area contributed by atoms with Crippen LogP contribution in [-0.4, -0.2) is 28.2 Å². The molecule has 0 bridgehead atoms. The van der Waals surface area contributed by atoms with Gasteiger partial charge in [0, 0.05) is 12.4 Å². The molecular weight excluding hydrogens is 244 g/mol. The molecule has 2 heterocycles. The molecule has 0 saturated carbocycles. The van der Waals surface area contributed by atoms with Crippen LogP contribution in [0.4, 0.5) is 0 Å². The number of hydrogen-bond donors (Lipinski definition) is 1. The molecule has 1 aliphatic rings. The number of benzene rings is 1. The molecule has 6 nitrogen and oxygen atoms in total. The van der Waals surface area contributed by atoms with E-state index in [-0.39, 0.29) is 18.4 Å². The summed E-state index contributed by atoms with van der Waals surface area (Å²) in [5.41, 5.74) is 5.56. The summed E-state index contributed by atoms with van der Waals surface area (Å²) in [5, 5.41) is 0. The van der Waals surface area contributed by atoms with E-state index in [1.54, 1.807) is 12.5 Å². The van der Waals surface area contributed by atoms with Crippen LogP contribution < -0.4 is 10.5 Å². The Labute approximate surface area is 110 Å². The van der Waals surface area contributed by atoms with Gasteiger partial charge in [0.1, 0.15) is 5.75 Å². The zero-order valence-electron chi connectivity index (χ0n) is 10.2. The van der Waals surface area contributed by atoms with Gasteiger partial charge in [0.15, 0.2) is 6.10 Å². The van der Waals surface area contributed by atoms with Crippen LogP contribution in [-0.2, 0) is 4.74 Å². The van der Waals surface area contributed by atoms with Gasteiger partial charge in [0.25, 0.3) is 6.02 Å². The molecule has 0 fully saturated rings. The normalized spacial score (nSPS) is 19.6. The van der Waals surface area contributed by atoms with Crippen molar-refractivity contribution in [3.05, 3.63) is 49.1 Å². The Morgan fingerprint density at radius 1 is 1.37 bits per heavy atom. The van der Waals surface area contributed by atoms with Gasteiger partial charge in [-0.3, -0.25) is 4.57 Å². The number of rotatable bonds is 4. The average molecular weight is 258 g/mol. The van der Waals surface area contributed by atoms with Crippen LogP contribution >= 0.6 is 0 Å². The number of ether oxygens (including phenoxy) is 2. The summed E-state index contributed by atoms with van der Waals surface area (Å²) in [6, 6.07) is 9.76. The lowest BCUT2D eigenvalue weighted by atomic mass is 10.3. The largest absolute Gasteiger partial charge is 0.466 e. The summed E-state index contributed by atoms with van der Waals surface area (Å²) in [7, 11) is 0. The minimum atomic E-state index is -0.352. The van der Waals surface area contributed by atoms with E-state index >= 15 is 0 Å². The molecule has 2 aromatic rings. The second kappa shape index (κ2) is 5.01. The molecule has 98 valence electrons. The van der Waals surface area contributed by atoms with E-state index in [1.165, 1.54) is 0 Å². The smallest absolute Gasteiger partial charge is 0.282 e. The topological polar surface area (TPSA) is 74.7 Å². The number of nitrogens with zero attached hydrogens (tertiary/aromatic N) is 3. The van der Waals surface area contributed by atoms with Crippen LogP contribution in [0.25, 0.3) is 0 Å². The molecule has 0 amide bonds. The van der Waals surface area contributed by atoms with E-state index < -0.39 is 0 Å². The van der Waals surface area contributed by atoms with Crippen molar-refractivity contribution in [3.63, 3.8) is 0 Å². The average Bonchev–Trinajstić information content (AvgIpc) is 3.09. The van der Waals surface area contributed by atoms with Crippen LogP contribution in [0.5, 0.6) is 5.75 Å². The quantitative estimate of drug-likeness (QED) is 0.893. The molecule has 0 saturated heterocycles. The summed E-state index contributed by atoms with van der Waals surface area (Å²) in [6.07, 6.45) is 4.60. The Morgan fingerprint density at radius 3 is 2.84 bits per heavy atom. The highest BCUT2D eigenvalue weighted by Gasteiger charge is 2.30. The molecular formula is C13H14N4O2. The third-order valence-corrected chi connectivity index (χ3v) is 2.84. The van der Waals surface area contributed by atoms with Crippen molar-refractivity contribution in [1.82, 2.24) is 9.55 Å².